The summed E-state index contributed by atoms with van der Waals surface area (Å²) in [6, 6.07) is 14.2. The van der Waals surface area contributed by atoms with Crippen molar-refractivity contribution >= 4 is 11.5 Å². The summed E-state index contributed by atoms with van der Waals surface area (Å²) < 4.78 is 19.2. The van der Waals surface area contributed by atoms with Crippen LogP contribution in [0.4, 0.5) is 15.9 Å². The Morgan fingerprint density at radius 3 is 2.58 bits per heavy atom. The van der Waals surface area contributed by atoms with E-state index in [0.29, 0.717) is 17.5 Å². The van der Waals surface area contributed by atoms with Crippen LogP contribution in [0.5, 0.6) is 5.75 Å². The zero-order valence-electron chi connectivity index (χ0n) is 17.6. The molecule has 1 aliphatic carbocycles. The summed E-state index contributed by atoms with van der Waals surface area (Å²) in [6.45, 7) is 2.04. The van der Waals surface area contributed by atoms with E-state index in [0.717, 1.165) is 22.5 Å². The fourth-order valence-corrected chi connectivity index (χ4v) is 4.46. The molecule has 3 aromatic rings. The third-order valence-corrected chi connectivity index (χ3v) is 6.33. The Morgan fingerprint density at radius 1 is 1.16 bits per heavy atom. The molecular formula is C23H27FN6O. The van der Waals surface area contributed by atoms with Gasteiger partial charge in [-0.25, -0.2) is 4.39 Å². The molecule has 2 heterocycles. The van der Waals surface area contributed by atoms with Crippen LogP contribution in [-0.4, -0.2) is 23.6 Å². The fourth-order valence-electron chi connectivity index (χ4n) is 4.46. The molecule has 0 amide bonds. The molecule has 1 saturated carbocycles. The number of methoxy groups -OCH3 is 1. The summed E-state index contributed by atoms with van der Waals surface area (Å²) in [7, 11) is 1.63. The van der Waals surface area contributed by atoms with Crippen molar-refractivity contribution in [3.05, 3.63) is 71.2 Å². The van der Waals surface area contributed by atoms with Crippen LogP contribution in [0.2, 0.25) is 0 Å². The Kier molecular flexibility index (Phi) is 4.83. The number of para-hydroxylation sites is 1. The number of H-pyrrole nitrogens is 1. The second-order valence-electron chi connectivity index (χ2n) is 8.25. The lowest BCUT2D eigenvalue weighted by molar-refractivity contribution is 0.394. The van der Waals surface area contributed by atoms with Crippen LogP contribution in [0.25, 0.3) is 0 Å². The first-order valence-electron chi connectivity index (χ1n) is 10.5. The van der Waals surface area contributed by atoms with E-state index in [9.17, 15) is 4.39 Å². The van der Waals surface area contributed by atoms with E-state index in [4.69, 9.17) is 16.2 Å². The summed E-state index contributed by atoms with van der Waals surface area (Å²) in [6.07, 6.45) is 1.25. The van der Waals surface area contributed by atoms with Crippen molar-refractivity contribution in [1.82, 2.24) is 10.2 Å². The number of nitrogens with zero attached hydrogens (tertiary/aromatic N) is 3. The van der Waals surface area contributed by atoms with Gasteiger partial charge in [-0.1, -0.05) is 24.3 Å². The second kappa shape index (κ2) is 7.55. The van der Waals surface area contributed by atoms with E-state index >= 15 is 0 Å². The number of anilines is 2. The SMILES string of the molecule is COc1cccc2c1N([C@@H](C)c1ccc(F)cc1)C(N)N(c1cc(C3CC3)[nH]n1)C2N. The maximum absolute atomic E-state index is 13.5. The van der Waals surface area contributed by atoms with Crippen LogP contribution in [-0.2, 0) is 0 Å². The normalized spacial score (nSPS) is 21.7. The average Bonchev–Trinajstić information content (AvgIpc) is 3.52. The van der Waals surface area contributed by atoms with Gasteiger partial charge in [0.1, 0.15) is 17.7 Å². The molecule has 2 aliphatic rings. The molecule has 0 saturated heterocycles. The Labute approximate surface area is 180 Å². The van der Waals surface area contributed by atoms with Gasteiger partial charge >= 0.3 is 0 Å². The smallest absolute Gasteiger partial charge is 0.158 e. The molecule has 0 bridgehead atoms. The van der Waals surface area contributed by atoms with Gasteiger partial charge in [0.25, 0.3) is 0 Å². The van der Waals surface area contributed by atoms with Crippen molar-refractivity contribution < 1.29 is 9.13 Å². The number of nitrogens with one attached hydrogen (secondary N) is 1. The van der Waals surface area contributed by atoms with Gasteiger partial charge in [-0.05, 0) is 43.5 Å². The number of aromatic amines is 1. The average molecular weight is 423 g/mol. The monoisotopic (exact) mass is 422 g/mol. The highest BCUT2D eigenvalue weighted by Crippen LogP contribution is 2.47. The standard InChI is InChI=1S/C23H27FN6O/c1-13(14-8-10-16(24)11-9-14)29-21-17(4-3-5-19(21)31-2)22(25)30(23(29)26)20-12-18(27-28-20)15-6-7-15/h3-5,8-13,15,22-23H,6-7,25-26H2,1-2H3,(H,27,28)/t13-,22?,23?/m0/s1. The minimum atomic E-state index is -0.603. The summed E-state index contributed by atoms with van der Waals surface area (Å²) in [5, 5.41) is 7.68. The third kappa shape index (κ3) is 3.32. The van der Waals surface area contributed by atoms with E-state index in [1.807, 2.05) is 36.1 Å². The highest BCUT2D eigenvalue weighted by molar-refractivity contribution is 5.71. The minimum absolute atomic E-state index is 0.164. The molecule has 1 aromatic heterocycles. The zero-order chi connectivity index (χ0) is 21.7. The molecular weight excluding hydrogens is 395 g/mol. The van der Waals surface area contributed by atoms with E-state index in [1.54, 1.807) is 19.2 Å². The molecule has 0 spiro atoms. The van der Waals surface area contributed by atoms with Gasteiger partial charge in [0, 0.05) is 23.2 Å². The van der Waals surface area contributed by atoms with E-state index in [-0.39, 0.29) is 11.9 Å². The first kappa shape index (κ1) is 19.8. The fraction of sp³-hybridized carbons (Fsp3) is 0.348. The van der Waals surface area contributed by atoms with Crippen LogP contribution in [0.3, 0.4) is 0 Å². The topological polar surface area (TPSA) is 96.4 Å². The highest BCUT2D eigenvalue weighted by Gasteiger charge is 2.41. The largest absolute Gasteiger partial charge is 0.495 e. The summed E-state index contributed by atoms with van der Waals surface area (Å²) in [4.78, 5) is 3.99. The first-order chi connectivity index (χ1) is 15.0. The predicted octanol–water partition coefficient (Wildman–Crippen LogP) is 3.72. The summed E-state index contributed by atoms with van der Waals surface area (Å²) in [5.74, 6) is 1.68. The van der Waals surface area contributed by atoms with Gasteiger partial charge in [0.15, 0.2) is 12.1 Å². The van der Waals surface area contributed by atoms with Crippen LogP contribution < -0.4 is 26.0 Å². The number of hydrogen-bond acceptors (Lipinski definition) is 6. The molecule has 8 heteroatoms. The number of hydrogen-bond donors (Lipinski definition) is 3. The lowest BCUT2D eigenvalue weighted by Crippen LogP contribution is -2.61. The Balaban J connectivity index is 1.62. The molecule has 2 aromatic carbocycles. The van der Waals surface area contributed by atoms with Gasteiger partial charge in [0.2, 0.25) is 0 Å². The molecule has 5 N–H and O–H groups in total. The van der Waals surface area contributed by atoms with Crippen LogP contribution >= 0.6 is 0 Å². The van der Waals surface area contributed by atoms with Crippen molar-refractivity contribution in [2.24, 2.45) is 11.5 Å². The van der Waals surface area contributed by atoms with Crippen molar-refractivity contribution in [2.45, 2.75) is 44.2 Å². The number of rotatable bonds is 5. The lowest BCUT2D eigenvalue weighted by atomic mass is 9.99. The molecule has 1 aliphatic heterocycles. The maximum Gasteiger partial charge on any atom is 0.158 e. The summed E-state index contributed by atoms with van der Waals surface area (Å²) in [5.41, 5.74) is 17.3. The highest BCUT2D eigenvalue weighted by atomic mass is 19.1. The summed E-state index contributed by atoms with van der Waals surface area (Å²) >= 11 is 0. The molecule has 3 atom stereocenters. The van der Waals surface area contributed by atoms with Gasteiger partial charge in [0.05, 0.1) is 18.8 Å². The van der Waals surface area contributed by atoms with Crippen molar-refractivity contribution in [3.63, 3.8) is 0 Å². The predicted molar refractivity (Wildman–Crippen MR) is 118 cm³/mol. The van der Waals surface area contributed by atoms with E-state index in [1.165, 1.54) is 25.0 Å². The Morgan fingerprint density at radius 2 is 1.90 bits per heavy atom. The van der Waals surface area contributed by atoms with Crippen molar-refractivity contribution in [3.8, 4) is 5.75 Å². The van der Waals surface area contributed by atoms with E-state index in [2.05, 4.69) is 15.1 Å². The first-order valence-corrected chi connectivity index (χ1v) is 10.5. The number of fused-ring (bicyclic) bond motifs is 1. The number of nitrogens with two attached hydrogens (primary N) is 2. The van der Waals surface area contributed by atoms with Crippen molar-refractivity contribution in [2.75, 3.05) is 16.9 Å². The van der Waals surface area contributed by atoms with Gasteiger partial charge in [-0.2, -0.15) is 5.10 Å². The van der Waals surface area contributed by atoms with Gasteiger partial charge < -0.3 is 20.3 Å². The quantitative estimate of drug-likeness (QED) is 0.580. The molecule has 1 fully saturated rings. The van der Waals surface area contributed by atoms with Gasteiger partial charge in [-0.3, -0.25) is 10.8 Å². The zero-order valence-corrected chi connectivity index (χ0v) is 17.6. The molecule has 7 nitrogen and oxygen atoms in total. The van der Waals surface area contributed by atoms with Crippen molar-refractivity contribution in [1.29, 1.82) is 0 Å². The number of aromatic nitrogens is 2. The lowest BCUT2D eigenvalue weighted by Gasteiger charge is -2.49. The van der Waals surface area contributed by atoms with Crippen LogP contribution in [0, 0.1) is 5.82 Å². The Bertz CT molecular complexity index is 1080. The number of halogens is 1. The molecule has 162 valence electrons. The molecule has 31 heavy (non-hydrogen) atoms. The number of ether oxygens (including phenoxy) is 1. The minimum Gasteiger partial charge on any atom is -0.495 e. The maximum atomic E-state index is 13.5. The molecule has 5 rings (SSSR count). The Hall–Kier alpha value is -3.10. The third-order valence-electron chi connectivity index (χ3n) is 6.33. The molecule has 0 radical (unpaired) electrons. The second-order valence-corrected chi connectivity index (χ2v) is 8.25. The van der Waals surface area contributed by atoms with Crippen LogP contribution in [0.1, 0.15) is 54.7 Å². The number of benzene rings is 2. The van der Waals surface area contributed by atoms with Crippen LogP contribution in [0.15, 0.2) is 48.5 Å². The molecule has 2 unspecified atom stereocenters. The van der Waals surface area contributed by atoms with E-state index < -0.39 is 12.5 Å². The van der Waals surface area contributed by atoms with Gasteiger partial charge in [-0.15, -0.1) is 0 Å².